The van der Waals surface area contributed by atoms with Crippen molar-refractivity contribution in [1.82, 2.24) is 19.1 Å². The van der Waals surface area contributed by atoms with Crippen LogP contribution in [0, 0.1) is 11.7 Å². The molecule has 3 aromatic rings. The standard InChI is InChI=1S/C30H35FN4O6S/c1-19-16-35(20(2)18-36)30(38)26-14-23(21-7-6-8-22(13-21)29(37)33(3)4)15-32-28(26)41-27(19)17-34(5)42(39,40)25-11-9-24(31)10-12-25/h6-15,19-20,27,36H,16-18H2,1-5H3/t19-,20+,27+/m0/s1. The summed E-state index contributed by atoms with van der Waals surface area (Å²) in [5.41, 5.74) is 1.88. The molecule has 2 heterocycles. The molecule has 0 saturated carbocycles. The molecule has 0 radical (unpaired) electrons. The summed E-state index contributed by atoms with van der Waals surface area (Å²) >= 11 is 0. The molecule has 0 spiro atoms. The maximum absolute atomic E-state index is 13.8. The Hall–Kier alpha value is -3.87. The topological polar surface area (TPSA) is 120 Å². The Bertz CT molecular complexity index is 1560. The average Bonchev–Trinajstić information content (AvgIpc) is 2.98. The molecule has 1 aromatic heterocycles. The second-order valence-electron chi connectivity index (χ2n) is 10.7. The van der Waals surface area contributed by atoms with Gasteiger partial charge in [-0.1, -0.05) is 19.1 Å². The molecule has 42 heavy (non-hydrogen) atoms. The van der Waals surface area contributed by atoms with Crippen molar-refractivity contribution in [3.63, 3.8) is 0 Å². The van der Waals surface area contributed by atoms with E-state index in [4.69, 9.17) is 4.74 Å². The van der Waals surface area contributed by atoms with Crippen molar-refractivity contribution in [2.75, 3.05) is 40.8 Å². The van der Waals surface area contributed by atoms with Gasteiger partial charge in [-0.15, -0.1) is 0 Å². The van der Waals surface area contributed by atoms with Gasteiger partial charge in [0.05, 0.1) is 24.1 Å². The number of carbonyl (C=O) groups is 2. The van der Waals surface area contributed by atoms with E-state index in [1.807, 2.05) is 6.92 Å². The van der Waals surface area contributed by atoms with Gasteiger partial charge in [-0.05, 0) is 55.0 Å². The summed E-state index contributed by atoms with van der Waals surface area (Å²) in [7, 11) is 0.764. The van der Waals surface area contributed by atoms with Crippen LogP contribution in [0.1, 0.15) is 34.6 Å². The second kappa shape index (κ2) is 12.6. The summed E-state index contributed by atoms with van der Waals surface area (Å²) in [6.45, 7) is 3.39. The van der Waals surface area contributed by atoms with E-state index in [0.717, 1.165) is 16.4 Å². The van der Waals surface area contributed by atoms with E-state index in [1.165, 1.54) is 35.2 Å². The maximum Gasteiger partial charge on any atom is 0.259 e. The van der Waals surface area contributed by atoms with E-state index in [-0.39, 0.29) is 53.8 Å². The first-order valence-corrected chi connectivity index (χ1v) is 14.9. The highest BCUT2D eigenvalue weighted by Gasteiger charge is 2.36. The molecule has 2 amide bonds. The van der Waals surface area contributed by atoms with Gasteiger partial charge in [-0.25, -0.2) is 17.8 Å². The Labute approximate surface area is 245 Å². The second-order valence-corrected chi connectivity index (χ2v) is 12.8. The number of pyridine rings is 1. The quantitative estimate of drug-likeness (QED) is 0.423. The van der Waals surface area contributed by atoms with E-state index in [9.17, 15) is 27.5 Å². The van der Waals surface area contributed by atoms with Gasteiger partial charge in [0.1, 0.15) is 17.5 Å². The number of fused-ring (bicyclic) bond motifs is 1. The number of likely N-dealkylation sites (N-methyl/N-ethyl adjacent to an activating group) is 1. The Kier molecular flexibility index (Phi) is 9.29. The van der Waals surface area contributed by atoms with Crippen LogP contribution in [0.4, 0.5) is 4.39 Å². The number of aromatic nitrogens is 1. The Morgan fingerprint density at radius 3 is 2.48 bits per heavy atom. The van der Waals surface area contributed by atoms with Gasteiger partial charge in [0.2, 0.25) is 15.9 Å². The van der Waals surface area contributed by atoms with E-state index in [1.54, 1.807) is 51.4 Å². The van der Waals surface area contributed by atoms with E-state index in [0.29, 0.717) is 16.7 Å². The van der Waals surface area contributed by atoms with Crippen LogP contribution in [0.5, 0.6) is 5.88 Å². The number of carbonyl (C=O) groups excluding carboxylic acids is 2. The molecule has 1 N–H and O–H groups in total. The van der Waals surface area contributed by atoms with Crippen molar-refractivity contribution in [3.05, 3.63) is 77.7 Å². The fraction of sp³-hybridized carbons (Fsp3) is 0.367. The highest BCUT2D eigenvalue weighted by molar-refractivity contribution is 7.89. The van der Waals surface area contributed by atoms with Crippen molar-refractivity contribution in [3.8, 4) is 17.0 Å². The first kappa shape index (κ1) is 31.1. The van der Waals surface area contributed by atoms with E-state index < -0.39 is 28.0 Å². The van der Waals surface area contributed by atoms with Crippen LogP contribution >= 0.6 is 0 Å². The van der Waals surface area contributed by atoms with Gasteiger partial charge in [-0.2, -0.15) is 4.31 Å². The number of rotatable bonds is 8. The van der Waals surface area contributed by atoms with Crippen LogP contribution in [0.25, 0.3) is 11.1 Å². The summed E-state index contributed by atoms with van der Waals surface area (Å²) in [6.07, 6.45) is 0.817. The van der Waals surface area contributed by atoms with Crippen LogP contribution in [0.2, 0.25) is 0 Å². The number of halogens is 1. The SMILES string of the molecule is C[C@H](CO)N1C[C@H](C)[C@@H](CN(C)S(=O)(=O)c2ccc(F)cc2)Oc2ncc(-c3cccc(C(=O)N(C)C)c3)cc2C1=O. The maximum atomic E-state index is 13.8. The van der Waals surface area contributed by atoms with Crippen LogP contribution < -0.4 is 4.74 Å². The molecule has 10 nitrogen and oxygen atoms in total. The molecule has 0 fully saturated rings. The lowest BCUT2D eigenvalue weighted by Gasteiger charge is -2.37. The van der Waals surface area contributed by atoms with Crippen LogP contribution in [-0.4, -0.2) is 97.4 Å². The Balaban J connectivity index is 1.72. The number of hydrogen-bond acceptors (Lipinski definition) is 7. The van der Waals surface area contributed by atoms with E-state index >= 15 is 0 Å². The first-order valence-electron chi connectivity index (χ1n) is 13.5. The number of sulfonamides is 1. The number of hydrogen-bond donors (Lipinski definition) is 1. The predicted octanol–water partition coefficient (Wildman–Crippen LogP) is 3.13. The third-order valence-corrected chi connectivity index (χ3v) is 9.17. The van der Waals surface area contributed by atoms with Crippen molar-refractivity contribution < 1.29 is 32.2 Å². The number of amides is 2. The van der Waals surface area contributed by atoms with Gasteiger partial charge in [0.25, 0.3) is 11.8 Å². The Morgan fingerprint density at radius 2 is 1.83 bits per heavy atom. The zero-order chi connectivity index (χ0) is 30.8. The van der Waals surface area contributed by atoms with Crippen LogP contribution in [0.3, 0.4) is 0 Å². The molecule has 0 bridgehead atoms. The summed E-state index contributed by atoms with van der Waals surface area (Å²) in [4.78, 5) is 33.7. The number of aliphatic hydroxyl groups excluding tert-OH is 1. The number of ether oxygens (including phenoxy) is 1. The van der Waals surface area contributed by atoms with Gasteiger partial charge < -0.3 is 19.6 Å². The molecule has 1 aliphatic rings. The molecule has 2 aromatic carbocycles. The first-order chi connectivity index (χ1) is 19.8. The molecular formula is C30H35FN4O6S. The lowest BCUT2D eigenvalue weighted by molar-refractivity contribution is 0.0373. The molecule has 3 atom stereocenters. The highest BCUT2D eigenvalue weighted by atomic mass is 32.2. The summed E-state index contributed by atoms with van der Waals surface area (Å²) in [5, 5.41) is 9.93. The molecule has 1 aliphatic heterocycles. The fourth-order valence-electron chi connectivity index (χ4n) is 4.71. The zero-order valence-electron chi connectivity index (χ0n) is 24.2. The molecule has 4 rings (SSSR count). The normalized spacial score (nSPS) is 18.1. The lowest BCUT2D eigenvalue weighted by Crippen LogP contribution is -2.50. The minimum Gasteiger partial charge on any atom is -0.472 e. The Morgan fingerprint density at radius 1 is 1.14 bits per heavy atom. The van der Waals surface area contributed by atoms with Crippen molar-refractivity contribution in [2.45, 2.75) is 30.9 Å². The minimum absolute atomic E-state index is 0.0311. The van der Waals surface area contributed by atoms with Crippen LogP contribution in [-0.2, 0) is 10.0 Å². The summed E-state index contributed by atoms with van der Waals surface area (Å²) in [5.74, 6) is -1.43. The van der Waals surface area contributed by atoms with Crippen molar-refractivity contribution in [1.29, 1.82) is 0 Å². The van der Waals surface area contributed by atoms with E-state index in [2.05, 4.69) is 4.98 Å². The zero-order valence-corrected chi connectivity index (χ0v) is 25.0. The van der Waals surface area contributed by atoms with Gasteiger partial charge in [0.15, 0.2) is 0 Å². The highest BCUT2D eigenvalue weighted by Crippen LogP contribution is 2.31. The van der Waals surface area contributed by atoms with Gasteiger partial charge in [0, 0.05) is 50.9 Å². The molecule has 224 valence electrons. The minimum atomic E-state index is -3.97. The van der Waals surface area contributed by atoms with Gasteiger partial charge in [-0.3, -0.25) is 9.59 Å². The van der Waals surface area contributed by atoms with Crippen molar-refractivity contribution in [2.24, 2.45) is 5.92 Å². The predicted molar refractivity (Wildman–Crippen MR) is 155 cm³/mol. The number of aliphatic hydroxyl groups is 1. The molecular weight excluding hydrogens is 563 g/mol. The lowest BCUT2D eigenvalue weighted by atomic mass is 9.99. The van der Waals surface area contributed by atoms with Gasteiger partial charge >= 0.3 is 0 Å². The average molecular weight is 599 g/mol. The largest absolute Gasteiger partial charge is 0.472 e. The molecule has 0 unspecified atom stereocenters. The third kappa shape index (κ3) is 6.45. The number of benzene rings is 2. The molecule has 0 saturated heterocycles. The van der Waals surface area contributed by atoms with Crippen LogP contribution in [0.15, 0.2) is 65.7 Å². The van der Waals surface area contributed by atoms with Crippen molar-refractivity contribution >= 4 is 21.8 Å². The summed E-state index contributed by atoms with van der Waals surface area (Å²) in [6, 6.07) is 12.6. The smallest absolute Gasteiger partial charge is 0.259 e. The molecule has 0 aliphatic carbocycles. The third-order valence-electron chi connectivity index (χ3n) is 7.33. The number of nitrogens with zero attached hydrogens (tertiary/aromatic N) is 4. The molecule has 12 heteroatoms. The fourth-order valence-corrected chi connectivity index (χ4v) is 5.89. The summed E-state index contributed by atoms with van der Waals surface area (Å²) < 4.78 is 47.2. The monoisotopic (exact) mass is 598 g/mol.